The smallest absolute Gasteiger partial charge is 0.126 e. The average molecular weight is 296 g/mol. The number of rotatable bonds is 6. The quantitative estimate of drug-likeness (QED) is 0.805. The van der Waals surface area contributed by atoms with Gasteiger partial charge in [0.15, 0.2) is 0 Å². The van der Waals surface area contributed by atoms with Crippen molar-refractivity contribution in [1.29, 1.82) is 0 Å². The molecule has 0 N–H and O–H groups in total. The summed E-state index contributed by atoms with van der Waals surface area (Å²) in [4.78, 5) is 0. The average Bonchev–Trinajstić information content (AvgIpc) is 2.53. The molecular formula is C16H24O3S. The van der Waals surface area contributed by atoms with Gasteiger partial charge in [-0.05, 0) is 18.6 Å². The normalized spacial score (nSPS) is 17.6. The van der Waals surface area contributed by atoms with Gasteiger partial charge >= 0.3 is 0 Å². The van der Waals surface area contributed by atoms with E-state index < -0.39 is 0 Å². The first-order valence-electron chi connectivity index (χ1n) is 7.18. The molecule has 0 bridgehead atoms. The molecule has 1 aliphatic rings. The van der Waals surface area contributed by atoms with E-state index in [9.17, 15) is 0 Å². The van der Waals surface area contributed by atoms with E-state index in [-0.39, 0.29) is 5.41 Å². The van der Waals surface area contributed by atoms with Crippen molar-refractivity contribution in [2.75, 3.05) is 26.6 Å². The van der Waals surface area contributed by atoms with Crippen LogP contribution in [0.5, 0.6) is 17.2 Å². The molecule has 3 nitrogen and oxygen atoms in total. The summed E-state index contributed by atoms with van der Waals surface area (Å²) < 4.78 is 16.5. The van der Waals surface area contributed by atoms with Crippen LogP contribution in [0.25, 0.3) is 0 Å². The largest absolute Gasteiger partial charge is 0.496 e. The fourth-order valence-electron chi connectivity index (χ4n) is 2.75. The van der Waals surface area contributed by atoms with Gasteiger partial charge in [0.05, 0.1) is 20.8 Å². The fraction of sp³-hybridized carbons (Fsp3) is 0.625. The maximum absolute atomic E-state index is 6.02. The Bertz CT molecular complexity index is 405. The van der Waals surface area contributed by atoms with Gasteiger partial charge in [-0.1, -0.05) is 19.3 Å². The van der Waals surface area contributed by atoms with Crippen LogP contribution in [0.3, 0.4) is 0 Å². The van der Waals surface area contributed by atoms with Gasteiger partial charge in [-0.25, -0.2) is 0 Å². The van der Waals surface area contributed by atoms with Gasteiger partial charge in [-0.2, -0.15) is 12.6 Å². The lowest BCUT2D eigenvalue weighted by atomic mass is 9.76. The minimum Gasteiger partial charge on any atom is -0.496 e. The highest BCUT2D eigenvalue weighted by atomic mass is 32.1. The summed E-state index contributed by atoms with van der Waals surface area (Å²) in [5.74, 6) is 3.19. The van der Waals surface area contributed by atoms with Crippen molar-refractivity contribution in [1.82, 2.24) is 0 Å². The van der Waals surface area contributed by atoms with Gasteiger partial charge in [-0.3, -0.25) is 0 Å². The van der Waals surface area contributed by atoms with Crippen LogP contribution in [0.15, 0.2) is 18.2 Å². The van der Waals surface area contributed by atoms with Crippen LogP contribution in [-0.4, -0.2) is 26.6 Å². The van der Waals surface area contributed by atoms with E-state index in [0.717, 1.165) is 23.0 Å². The van der Waals surface area contributed by atoms with Gasteiger partial charge in [0.25, 0.3) is 0 Å². The van der Waals surface area contributed by atoms with Crippen molar-refractivity contribution in [3.63, 3.8) is 0 Å². The molecule has 1 aromatic carbocycles. The molecule has 0 unspecified atom stereocenters. The van der Waals surface area contributed by atoms with Crippen LogP contribution in [0.4, 0.5) is 0 Å². The molecule has 20 heavy (non-hydrogen) atoms. The predicted molar refractivity (Wildman–Crippen MR) is 84.4 cm³/mol. The Morgan fingerprint density at radius 3 is 2.00 bits per heavy atom. The zero-order valence-electron chi connectivity index (χ0n) is 12.4. The summed E-state index contributed by atoms with van der Waals surface area (Å²) in [6.07, 6.45) is 6.31. The Morgan fingerprint density at radius 1 is 0.950 bits per heavy atom. The van der Waals surface area contributed by atoms with Crippen molar-refractivity contribution in [3.8, 4) is 17.2 Å². The minimum atomic E-state index is 0.220. The van der Waals surface area contributed by atoms with Crippen LogP contribution >= 0.6 is 12.6 Å². The standard InChI is InChI=1S/C16H24O3S/c1-17-13-8-14(18-2)10-15(9-13)19-11-16(12-20)6-4-3-5-7-16/h8-10,20H,3-7,11-12H2,1-2H3. The first kappa shape index (κ1) is 15.4. The molecule has 1 aromatic rings. The molecule has 0 radical (unpaired) electrons. The Kier molecular flexibility index (Phi) is 5.46. The van der Waals surface area contributed by atoms with Gasteiger partial charge < -0.3 is 14.2 Å². The summed E-state index contributed by atoms with van der Waals surface area (Å²) in [5, 5.41) is 0. The number of methoxy groups -OCH3 is 2. The van der Waals surface area contributed by atoms with E-state index in [1.165, 1.54) is 32.1 Å². The molecule has 0 spiro atoms. The number of hydrogen-bond donors (Lipinski definition) is 1. The summed E-state index contributed by atoms with van der Waals surface area (Å²) in [7, 11) is 3.30. The maximum atomic E-state index is 6.02. The van der Waals surface area contributed by atoms with Crippen molar-refractivity contribution >= 4 is 12.6 Å². The number of ether oxygens (including phenoxy) is 3. The third-order valence-corrected chi connectivity index (χ3v) is 4.79. The second-order valence-corrected chi connectivity index (χ2v) is 5.87. The molecule has 1 fully saturated rings. The summed E-state index contributed by atoms with van der Waals surface area (Å²) in [6.45, 7) is 0.715. The first-order chi connectivity index (χ1) is 9.71. The van der Waals surface area contributed by atoms with Gasteiger partial charge in [0, 0.05) is 23.6 Å². The SMILES string of the molecule is COc1cc(OC)cc(OCC2(CS)CCCCC2)c1. The Hall–Kier alpha value is -1.03. The first-order valence-corrected chi connectivity index (χ1v) is 7.81. The molecule has 0 heterocycles. The van der Waals surface area contributed by atoms with Crippen molar-refractivity contribution < 1.29 is 14.2 Å². The van der Waals surface area contributed by atoms with Crippen LogP contribution in [0.1, 0.15) is 32.1 Å². The van der Waals surface area contributed by atoms with E-state index in [1.807, 2.05) is 18.2 Å². The van der Waals surface area contributed by atoms with E-state index >= 15 is 0 Å². The molecule has 0 atom stereocenters. The molecule has 4 heteroatoms. The van der Waals surface area contributed by atoms with Crippen molar-refractivity contribution in [3.05, 3.63) is 18.2 Å². The molecular weight excluding hydrogens is 272 g/mol. The van der Waals surface area contributed by atoms with E-state index in [2.05, 4.69) is 12.6 Å². The maximum Gasteiger partial charge on any atom is 0.126 e. The lowest BCUT2D eigenvalue weighted by Gasteiger charge is -2.35. The zero-order valence-corrected chi connectivity index (χ0v) is 13.2. The highest BCUT2D eigenvalue weighted by Gasteiger charge is 2.31. The lowest BCUT2D eigenvalue weighted by Crippen LogP contribution is -2.32. The third kappa shape index (κ3) is 3.75. The molecule has 1 saturated carbocycles. The minimum absolute atomic E-state index is 0.220. The fourth-order valence-corrected chi connectivity index (χ4v) is 3.16. The second-order valence-electron chi connectivity index (χ2n) is 5.56. The Morgan fingerprint density at radius 2 is 1.50 bits per heavy atom. The molecule has 0 amide bonds. The predicted octanol–water partition coefficient (Wildman–Crippen LogP) is 3.96. The van der Waals surface area contributed by atoms with Crippen LogP contribution in [0.2, 0.25) is 0 Å². The molecule has 2 rings (SSSR count). The van der Waals surface area contributed by atoms with E-state index in [1.54, 1.807) is 14.2 Å². The summed E-state index contributed by atoms with van der Waals surface area (Å²) in [5.41, 5.74) is 0.220. The second kappa shape index (κ2) is 7.11. The zero-order chi connectivity index (χ0) is 14.4. The monoisotopic (exact) mass is 296 g/mol. The van der Waals surface area contributed by atoms with Crippen LogP contribution in [0, 0.1) is 5.41 Å². The molecule has 112 valence electrons. The van der Waals surface area contributed by atoms with Crippen LogP contribution in [-0.2, 0) is 0 Å². The highest BCUT2D eigenvalue weighted by Crippen LogP contribution is 2.38. The van der Waals surface area contributed by atoms with Gasteiger partial charge in [0.2, 0.25) is 0 Å². The topological polar surface area (TPSA) is 27.7 Å². The van der Waals surface area contributed by atoms with E-state index in [0.29, 0.717) is 6.61 Å². The molecule has 0 aliphatic heterocycles. The lowest BCUT2D eigenvalue weighted by molar-refractivity contribution is 0.120. The Labute approximate surface area is 127 Å². The molecule has 0 aromatic heterocycles. The van der Waals surface area contributed by atoms with E-state index in [4.69, 9.17) is 14.2 Å². The van der Waals surface area contributed by atoms with Crippen LogP contribution < -0.4 is 14.2 Å². The van der Waals surface area contributed by atoms with Gasteiger partial charge in [0.1, 0.15) is 17.2 Å². The number of thiol groups is 1. The number of hydrogen-bond acceptors (Lipinski definition) is 4. The summed E-state index contributed by atoms with van der Waals surface area (Å²) >= 11 is 4.54. The van der Waals surface area contributed by atoms with Crippen molar-refractivity contribution in [2.45, 2.75) is 32.1 Å². The Balaban J connectivity index is 2.05. The summed E-state index contributed by atoms with van der Waals surface area (Å²) in [6, 6.07) is 5.65. The van der Waals surface area contributed by atoms with Crippen molar-refractivity contribution in [2.24, 2.45) is 5.41 Å². The molecule has 1 aliphatic carbocycles. The highest BCUT2D eigenvalue weighted by molar-refractivity contribution is 7.80. The third-order valence-electron chi connectivity index (χ3n) is 4.12. The molecule has 0 saturated heterocycles. The van der Waals surface area contributed by atoms with Gasteiger partial charge in [-0.15, -0.1) is 0 Å². The number of benzene rings is 1.